The number of para-hydroxylation sites is 1. The number of nitrogens with one attached hydrogen (secondary N) is 3. The molecule has 3 N–H and O–H groups in total. The number of nitrogens with zero attached hydrogens (tertiary/aromatic N) is 2. The van der Waals surface area contributed by atoms with Crippen LogP contribution in [0.25, 0.3) is 10.9 Å². The average molecular weight is 317 g/mol. The fourth-order valence-corrected chi connectivity index (χ4v) is 2.01. The third-order valence-electron chi connectivity index (χ3n) is 3.19. The van der Waals surface area contributed by atoms with Gasteiger partial charge in [-0.1, -0.05) is 25.5 Å². The lowest BCUT2D eigenvalue weighted by molar-refractivity contribution is -0.122. The van der Waals surface area contributed by atoms with E-state index in [4.69, 9.17) is 0 Å². The van der Waals surface area contributed by atoms with Gasteiger partial charge in [0.05, 0.1) is 11.7 Å². The molecule has 1 heterocycles. The molecule has 23 heavy (non-hydrogen) atoms. The Morgan fingerprint density at radius 1 is 1.22 bits per heavy atom. The number of carbonyl (C=O) groups is 2. The monoisotopic (exact) mass is 317 g/mol. The van der Waals surface area contributed by atoms with Gasteiger partial charge in [-0.2, -0.15) is 5.10 Å². The van der Waals surface area contributed by atoms with E-state index < -0.39 is 11.9 Å². The summed E-state index contributed by atoms with van der Waals surface area (Å²) in [4.78, 5) is 35.0. The molecule has 2 rings (SSSR count). The van der Waals surface area contributed by atoms with Crippen LogP contribution in [0.3, 0.4) is 0 Å². The Hall–Kier alpha value is -2.90. The van der Waals surface area contributed by atoms with Crippen molar-refractivity contribution in [2.24, 2.45) is 0 Å². The van der Waals surface area contributed by atoms with Crippen LogP contribution >= 0.6 is 0 Å². The van der Waals surface area contributed by atoms with Crippen molar-refractivity contribution < 1.29 is 9.59 Å². The molecule has 1 aromatic heterocycles. The molecule has 3 amide bonds. The molecule has 0 aliphatic heterocycles. The van der Waals surface area contributed by atoms with Crippen LogP contribution in [-0.2, 0) is 11.3 Å². The number of rotatable bonds is 5. The minimum Gasteiger partial charge on any atom is -0.337 e. The van der Waals surface area contributed by atoms with Gasteiger partial charge in [0.25, 0.3) is 5.91 Å². The van der Waals surface area contributed by atoms with Crippen LogP contribution < -0.4 is 21.6 Å². The number of aromatic nitrogens is 2. The number of hydrazine groups is 1. The summed E-state index contributed by atoms with van der Waals surface area (Å²) in [6.45, 7) is 2.45. The highest BCUT2D eigenvalue weighted by Gasteiger charge is 2.08. The van der Waals surface area contributed by atoms with Crippen molar-refractivity contribution in [1.82, 2.24) is 25.9 Å². The maximum atomic E-state index is 11.9. The second-order valence-corrected chi connectivity index (χ2v) is 4.97. The van der Waals surface area contributed by atoms with Gasteiger partial charge in [-0.15, -0.1) is 0 Å². The normalized spacial score (nSPS) is 10.3. The van der Waals surface area contributed by atoms with Gasteiger partial charge in [0.2, 0.25) is 5.43 Å². The maximum Gasteiger partial charge on any atom is 0.333 e. The third kappa shape index (κ3) is 4.53. The molecule has 0 saturated carbocycles. The SMILES string of the molecule is CCCCNC(=O)NNC(=O)Cn1ncc(=O)c2ccccc21. The van der Waals surface area contributed by atoms with Crippen molar-refractivity contribution in [3.05, 3.63) is 40.7 Å². The summed E-state index contributed by atoms with van der Waals surface area (Å²) in [6, 6.07) is 6.42. The smallest absolute Gasteiger partial charge is 0.333 e. The predicted molar refractivity (Wildman–Crippen MR) is 85.6 cm³/mol. The fraction of sp³-hybridized carbons (Fsp3) is 0.333. The van der Waals surface area contributed by atoms with E-state index in [0.717, 1.165) is 12.8 Å². The van der Waals surface area contributed by atoms with Gasteiger partial charge in [0, 0.05) is 11.9 Å². The Balaban J connectivity index is 1.95. The first-order chi connectivity index (χ1) is 11.1. The van der Waals surface area contributed by atoms with Gasteiger partial charge in [0.1, 0.15) is 6.54 Å². The van der Waals surface area contributed by atoms with Crippen LogP contribution in [0.1, 0.15) is 19.8 Å². The lowest BCUT2D eigenvalue weighted by atomic mass is 10.2. The predicted octanol–water partition coefficient (Wildman–Crippen LogP) is 0.527. The molecule has 2 aromatic rings. The minimum atomic E-state index is -0.468. The first kappa shape index (κ1) is 16.5. The van der Waals surface area contributed by atoms with Gasteiger partial charge in [-0.05, 0) is 18.6 Å². The number of amides is 3. The summed E-state index contributed by atoms with van der Waals surface area (Å²) in [5, 5.41) is 7.05. The largest absolute Gasteiger partial charge is 0.337 e. The highest BCUT2D eigenvalue weighted by atomic mass is 16.2. The van der Waals surface area contributed by atoms with E-state index in [-0.39, 0.29) is 12.0 Å². The average Bonchev–Trinajstić information content (AvgIpc) is 2.56. The summed E-state index contributed by atoms with van der Waals surface area (Å²) >= 11 is 0. The van der Waals surface area contributed by atoms with Crippen LogP contribution in [0, 0.1) is 0 Å². The van der Waals surface area contributed by atoms with Crippen molar-refractivity contribution in [3.63, 3.8) is 0 Å². The number of unbranched alkanes of at least 4 members (excludes halogenated alkanes) is 1. The minimum absolute atomic E-state index is 0.115. The van der Waals surface area contributed by atoms with Crippen molar-refractivity contribution in [2.75, 3.05) is 6.54 Å². The second kappa shape index (κ2) is 7.92. The summed E-state index contributed by atoms with van der Waals surface area (Å²) in [7, 11) is 0. The Morgan fingerprint density at radius 3 is 2.78 bits per heavy atom. The van der Waals surface area contributed by atoms with E-state index in [2.05, 4.69) is 21.3 Å². The lowest BCUT2D eigenvalue weighted by Gasteiger charge is -2.11. The molecule has 0 spiro atoms. The van der Waals surface area contributed by atoms with Crippen molar-refractivity contribution in [2.45, 2.75) is 26.3 Å². The topological polar surface area (TPSA) is 105 Å². The molecular formula is C15H19N5O3. The van der Waals surface area contributed by atoms with E-state index in [1.165, 1.54) is 10.9 Å². The zero-order valence-electron chi connectivity index (χ0n) is 12.8. The lowest BCUT2D eigenvalue weighted by Crippen LogP contribution is -2.48. The van der Waals surface area contributed by atoms with E-state index >= 15 is 0 Å². The Bertz CT molecular complexity index is 756. The van der Waals surface area contributed by atoms with Gasteiger partial charge < -0.3 is 5.32 Å². The molecule has 8 heteroatoms. The maximum absolute atomic E-state index is 11.9. The second-order valence-electron chi connectivity index (χ2n) is 4.97. The molecule has 0 radical (unpaired) electrons. The van der Waals surface area contributed by atoms with Gasteiger partial charge >= 0.3 is 6.03 Å². The van der Waals surface area contributed by atoms with E-state index in [1.807, 2.05) is 6.92 Å². The van der Waals surface area contributed by atoms with Crippen molar-refractivity contribution >= 4 is 22.8 Å². The highest BCUT2D eigenvalue weighted by Crippen LogP contribution is 2.07. The van der Waals surface area contributed by atoms with Crippen LogP contribution in [0.15, 0.2) is 35.3 Å². The third-order valence-corrected chi connectivity index (χ3v) is 3.19. The Kier molecular flexibility index (Phi) is 5.67. The number of carbonyl (C=O) groups excluding carboxylic acids is 2. The van der Waals surface area contributed by atoms with Gasteiger partial charge in [0.15, 0.2) is 0 Å². The molecule has 0 fully saturated rings. The van der Waals surface area contributed by atoms with Crippen LogP contribution in [0.5, 0.6) is 0 Å². The van der Waals surface area contributed by atoms with E-state index in [9.17, 15) is 14.4 Å². The molecule has 0 aliphatic rings. The van der Waals surface area contributed by atoms with Gasteiger partial charge in [-0.25, -0.2) is 10.2 Å². The highest BCUT2D eigenvalue weighted by molar-refractivity contribution is 5.83. The van der Waals surface area contributed by atoms with E-state index in [0.29, 0.717) is 17.4 Å². The first-order valence-corrected chi connectivity index (χ1v) is 7.39. The van der Waals surface area contributed by atoms with Gasteiger partial charge in [-0.3, -0.25) is 19.7 Å². The molecule has 0 atom stereocenters. The zero-order valence-corrected chi connectivity index (χ0v) is 12.8. The van der Waals surface area contributed by atoms with Crippen LogP contribution in [-0.4, -0.2) is 28.3 Å². The van der Waals surface area contributed by atoms with Crippen LogP contribution in [0.2, 0.25) is 0 Å². The molecule has 1 aromatic carbocycles. The van der Waals surface area contributed by atoms with Crippen molar-refractivity contribution in [1.29, 1.82) is 0 Å². The fourth-order valence-electron chi connectivity index (χ4n) is 2.01. The number of urea groups is 1. The molecule has 8 nitrogen and oxygen atoms in total. The van der Waals surface area contributed by atoms with Crippen LogP contribution in [0.4, 0.5) is 4.79 Å². The number of hydrogen-bond donors (Lipinski definition) is 3. The Morgan fingerprint density at radius 2 is 2.00 bits per heavy atom. The number of fused-ring (bicyclic) bond motifs is 1. The summed E-state index contributed by atoms with van der Waals surface area (Å²) in [6.07, 6.45) is 3.01. The standard InChI is InChI=1S/C15H19N5O3/c1-2-3-8-16-15(23)19-18-14(22)10-20-12-7-5-4-6-11(12)13(21)9-17-20/h4-7,9H,2-3,8,10H2,1H3,(H,18,22)(H2,16,19,23). The zero-order chi connectivity index (χ0) is 16.7. The number of benzene rings is 1. The molecule has 0 bridgehead atoms. The summed E-state index contributed by atoms with van der Waals surface area (Å²) < 4.78 is 1.41. The molecule has 0 unspecified atom stereocenters. The van der Waals surface area contributed by atoms with Crippen molar-refractivity contribution in [3.8, 4) is 0 Å². The number of hydrogen-bond acceptors (Lipinski definition) is 4. The molecule has 0 aliphatic carbocycles. The molecular weight excluding hydrogens is 298 g/mol. The Labute approximate surface area is 132 Å². The molecule has 122 valence electrons. The summed E-state index contributed by atoms with van der Waals surface area (Å²) in [5.74, 6) is -0.447. The van der Waals surface area contributed by atoms with E-state index in [1.54, 1.807) is 24.3 Å². The quantitative estimate of drug-likeness (QED) is 0.552. The first-order valence-electron chi connectivity index (χ1n) is 7.39. The summed E-state index contributed by atoms with van der Waals surface area (Å²) in [5.41, 5.74) is 4.92. The molecule has 0 saturated heterocycles.